The highest BCUT2D eigenvalue weighted by molar-refractivity contribution is 6.06. The molecule has 1 unspecified atom stereocenters. The number of carbonyl (C=O) groups is 3. The number of hydrogen-bond acceptors (Lipinski definition) is 8. The first-order valence-electron chi connectivity index (χ1n) is 14.4. The fraction of sp³-hybridized carbons (Fsp3) is 0.375. The quantitative estimate of drug-likeness (QED) is 0.416. The number of carbonyl (C=O) groups excluding carboxylic acids is 3. The molecule has 4 heterocycles. The minimum atomic E-state index is -1.07. The molecule has 43 heavy (non-hydrogen) atoms. The Kier molecular flexibility index (Phi) is 6.88. The molecule has 0 saturated carbocycles. The van der Waals surface area contributed by atoms with Gasteiger partial charge in [-0.3, -0.25) is 19.7 Å². The summed E-state index contributed by atoms with van der Waals surface area (Å²) < 4.78 is 16.8. The number of amides is 3. The molecule has 3 amide bonds. The van der Waals surface area contributed by atoms with Crippen LogP contribution in [0, 0.1) is 0 Å². The largest absolute Gasteiger partial charge is 0.497 e. The van der Waals surface area contributed by atoms with Crippen LogP contribution in [0.1, 0.15) is 28.3 Å². The lowest BCUT2D eigenvalue weighted by molar-refractivity contribution is -0.151. The molecule has 2 fully saturated rings. The summed E-state index contributed by atoms with van der Waals surface area (Å²) in [6.45, 7) is 1.38. The molecule has 2 saturated heterocycles. The molecule has 7 rings (SSSR count). The smallest absolute Gasteiger partial charge is 0.248 e. The summed E-state index contributed by atoms with van der Waals surface area (Å²) in [6, 6.07) is 16.7. The minimum Gasteiger partial charge on any atom is -0.497 e. The van der Waals surface area contributed by atoms with Crippen LogP contribution in [0.3, 0.4) is 0 Å². The zero-order valence-electron chi connectivity index (χ0n) is 23.9. The van der Waals surface area contributed by atoms with Crippen molar-refractivity contribution in [3.63, 3.8) is 0 Å². The maximum Gasteiger partial charge on any atom is 0.248 e. The highest BCUT2D eigenvalue weighted by Crippen LogP contribution is 2.47. The van der Waals surface area contributed by atoms with Gasteiger partial charge in [0.15, 0.2) is 0 Å². The predicted octanol–water partition coefficient (Wildman–Crippen LogP) is 1.98. The van der Waals surface area contributed by atoms with E-state index in [9.17, 15) is 14.4 Å². The molecular weight excluding hydrogens is 550 g/mol. The van der Waals surface area contributed by atoms with Gasteiger partial charge in [-0.05, 0) is 59.9 Å². The first kappa shape index (κ1) is 27.5. The standard InChI is InChI=1S/C32H33N5O6/c1-41-24-5-2-4-20(13-24)26-16-34-32(18-42-10-11-43-19-32)30(40)37(26)17-27(38)35-23-8-7-21-14-31(15-22(21)12-23)25-6-3-9-33-28(25)36-29(31)39/h2-9,12-13,26,34H,10-11,14-19H2,1H3,(H,35,38)(H,33,36,39)/t26?,31-/m1/s1. The fourth-order valence-electron chi connectivity index (χ4n) is 6.80. The van der Waals surface area contributed by atoms with Gasteiger partial charge in [-0.2, -0.15) is 0 Å². The highest BCUT2D eigenvalue weighted by atomic mass is 16.5. The molecule has 4 aliphatic rings. The Morgan fingerprint density at radius 2 is 1.88 bits per heavy atom. The van der Waals surface area contributed by atoms with Crippen LogP contribution in [0.25, 0.3) is 0 Å². The van der Waals surface area contributed by atoms with Crippen molar-refractivity contribution in [3.8, 4) is 5.75 Å². The molecule has 1 aliphatic carbocycles. The highest BCUT2D eigenvalue weighted by Gasteiger charge is 2.51. The van der Waals surface area contributed by atoms with Crippen molar-refractivity contribution in [3.05, 3.63) is 83.0 Å². The average Bonchev–Trinajstić information content (AvgIpc) is 3.42. The molecular formula is C32H33N5O6. The van der Waals surface area contributed by atoms with E-state index >= 15 is 0 Å². The maximum absolute atomic E-state index is 14.1. The van der Waals surface area contributed by atoms with E-state index in [1.165, 1.54) is 0 Å². The van der Waals surface area contributed by atoms with E-state index in [2.05, 4.69) is 20.9 Å². The summed E-state index contributed by atoms with van der Waals surface area (Å²) in [4.78, 5) is 46.6. The second-order valence-electron chi connectivity index (χ2n) is 11.6. The van der Waals surface area contributed by atoms with Gasteiger partial charge in [0.05, 0.1) is 45.0 Å². The van der Waals surface area contributed by atoms with Crippen LogP contribution in [-0.2, 0) is 42.1 Å². The van der Waals surface area contributed by atoms with Crippen molar-refractivity contribution < 1.29 is 28.6 Å². The van der Waals surface area contributed by atoms with Crippen molar-refractivity contribution in [1.29, 1.82) is 0 Å². The first-order valence-corrected chi connectivity index (χ1v) is 14.4. The number of nitrogens with zero attached hydrogens (tertiary/aromatic N) is 2. The Morgan fingerprint density at radius 3 is 2.70 bits per heavy atom. The van der Waals surface area contributed by atoms with Gasteiger partial charge in [-0.25, -0.2) is 4.98 Å². The molecule has 2 spiro atoms. The molecule has 1 aromatic heterocycles. The van der Waals surface area contributed by atoms with Gasteiger partial charge in [0.1, 0.15) is 23.7 Å². The third-order valence-corrected chi connectivity index (χ3v) is 9.01. The fourth-order valence-corrected chi connectivity index (χ4v) is 6.80. The number of hydrogen-bond donors (Lipinski definition) is 3. The summed E-state index contributed by atoms with van der Waals surface area (Å²) >= 11 is 0. The van der Waals surface area contributed by atoms with E-state index in [1.807, 2.05) is 54.6 Å². The molecule has 3 aliphatic heterocycles. The van der Waals surface area contributed by atoms with Crippen molar-refractivity contribution in [2.75, 3.05) is 57.3 Å². The van der Waals surface area contributed by atoms with Gasteiger partial charge in [0.2, 0.25) is 17.7 Å². The van der Waals surface area contributed by atoms with Crippen LogP contribution in [0.4, 0.5) is 11.5 Å². The third-order valence-electron chi connectivity index (χ3n) is 9.01. The first-order chi connectivity index (χ1) is 20.9. The van der Waals surface area contributed by atoms with Gasteiger partial charge in [-0.1, -0.05) is 24.3 Å². The summed E-state index contributed by atoms with van der Waals surface area (Å²) in [7, 11) is 1.59. The van der Waals surface area contributed by atoms with E-state index in [-0.39, 0.29) is 37.5 Å². The van der Waals surface area contributed by atoms with E-state index < -0.39 is 17.0 Å². The monoisotopic (exact) mass is 583 g/mol. The predicted molar refractivity (Wildman–Crippen MR) is 157 cm³/mol. The Labute approximate surface area is 248 Å². The molecule has 3 aromatic rings. The number of ether oxygens (including phenoxy) is 3. The molecule has 0 radical (unpaired) electrons. The van der Waals surface area contributed by atoms with Gasteiger partial charge in [0.25, 0.3) is 0 Å². The lowest BCUT2D eigenvalue weighted by Crippen LogP contribution is -2.69. The second-order valence-corrected chi connectivity index (χ2v) is 11.6. The summed E-state index contributed by atoms with van der Waals surface area (Å²) in [6.07, 6.45) is 2.77. The number of methoxy groups -OCH3 is 1. The van der Waals surface area contributed by atoms with Gasteiger partial charge in [-0.15, -0.1) is 0 Å². The summed E-state index contributed by atoms with van der Waals surface area (Å²) in [5.41, 5.74) is 2.68. The molecule has 11 nitrogen and oxygen atoms in total. The zero-order chi connectivity index (χ0) is 29.6. The number of aromatic nitrogens is 1. The van der Waals surface area contributed by atoms with Crippen LogP contribution in [0.2, 0.25) is 0 Å². The molecule has 3 N–H and O–H groups in total. The van der Waals surface area contributed by atoms with Crippen molar-refractivity contribution in [1.82, 2.24) is 15.2 Å². The van der Waals surface area contributed by atoms with Gasteiger partial charge < -0.3 is 29.7 Å². The number of anilines is 2. The summed E-state index contributed by atoms with van der Waals surface area (Å²) in [5.74, 6) is 0.654. The van der Waals surface area contributed by atoms with E-state index in [0.717, 1.165) is 22.3 Å². The SMILES string of the molecule is COc1cccc(C2CNC3(COCCOC3)C(=O)N2CC(=O)Nc2ccc3c(c2)C[C@@]2(C3)C(=O)Nc3ncccc32)c1. The van der Waals surface area contributed by atoms with Crippen LogP contribution in [-0.4, -0.2) is 79.8 Å². The van der Waals surface area contributed by atoms with Crippen LogP contribution >= 0.6 is 0 Å². The molecule has 222 valence electrons. The Bertz CT molecular complexity index is 1600. The summed E-state index contributed by atoms with van der Waals surface area (Å²) in [5, 5.41) is 9.30. The third kappa shape index (κ3) is 4.73. The number of fused-ring (bicyclic) bond motifs is 3. The lowest BCUT2D eigenvalue weighted by atomic mass is 9.79. The van der Waals surface area contributed by atoms with Crippen molar-refractivity contribution in [2.24, 2.45) is 0 Å². The number of nitrogens with one attached hydrogen (secondary N) is 3. The normalized spacial score (nSPS) is 23.9. The second kappa shape index (κ2) is 10.7. The Hall–Kier alpha value is -4.32. The zero-order valence-corrected chi connectivity index (χ0v) is 23.9. The number of pyridine rings is 1. The van der Waals surface area contributed by atoms with Crippen molar-refractivity contribution >= 4 is 29.2 Å². The molecule has 11 heteroatoms. The van der Waals surface area contributed by atoms with Crippen LogP contribution in [0.15, 0.2) is 60.8 Å². The minimum absolute atomic E-state index is 0.0517. The van der Waals surface area contributed by atoms with E-state index in [4.69, 9.17) is 14.2 Å². The number of benzene rings is 2. The molecule has 0 bridgehead atoms. The average molecular weight is 584 g/mol. The van der Waals surface area contributed by atoms with E-state index in [0.29, 0.717) is 49.9 Å². The van der Waals surface area contributed by atoms with Crippen LogP contribution in [0.5, 0.6) is 5.75 Å². The molecule has 2 atom stereocenters. The van der Waals surface area contributed by atoms with Crippen LogP contribution < -0.4 is 20.7 Å². The van der Waals surface area contributed by atoms with E-state index in [1.54, 1.807) is 18.2 Å². The lowest BCUT2D eigenvalue weighted by Gasteiger charge is -2.45. The Morgan fingerprint density at radius 1 is 1.07 bits per heavy atom. The Balaban J connectivity index is 1.12. The molecule has 2 aromatic carbocycles. The van der Waals surface area contributed by atoms with Crippen molar-refractivity contribution in [2.45, 2.75) is 29.8 Å². The number of piperazine rings is 1. The van der Waals surface area contributed by atoms with Gasteiger partial charge in [0, 0.05) is 24.0 Å². The number of rotatable bonds is 5. The maximum atomic E-state index is 14.1. The topological polar surface area (TPSA) is 131 Å². The van der Waals surface area contributed by atoms with Gasteiger partial charge >= 0.3 is 0 Å².